The molecule has 12 aliphatic heterocycles. The Balaban J connectivity index is 0.567. The molecule has 728 valence electrons. The predicted molar refractivity (Wildman–Crippen MR) is 489 cm³/mol. The van der Waals surface area contributed by atoms with E-state index < -0.39 is 145 Å². The van der Waals surface area contributed by atoms with Crippen molar-refractivity contribution in [3.8, 4) is 0 Å². The van der Waals surface area contributed by atoms with E-state index in [1.807, 2.05) is 43.4 Å². The van der Waals surface area contributed by atoms with Crippen molar-refractivity contribution in [3.05, 3.63) is 154 Å². The van der Waals surface area contributed by atoms with Crippen molar-refractivity contribution < 1.29 is 120 Å². The summed E-state index contributed by atoms with van der Waals surface area (Å²) in [5.74, 6) is -5.68. The van der Waals surface area contributed by atoms with Gasteiger partial charge in [0, 0.05) is 122 Å². The fourth-order valence-electron chi connectivity index (χ4n) is 23.6. The normalized spacial score (nSPS) is 47.3. The molecule has 3 unspecified atom stereocenters. The molecule has 12 heterocycles. The molecule has 27 nitrogen and oxygen atoms in total. The van der Waals surface area contributed by atoms with Crippen LogP contribution in [0.5, 0.6) is 0 Å². The summed E-state index contributed by atoms with van der Waals surface area (Å²) in [4.78, 5) is 29.3. The maximum atomic E-state index is 14.7. The Morgan fingerprint density at radius 1 is 0.481 bits per heavy atom. The van der Waals surface area contributed by atoms with Crippen LogP contribution in [-0.2, 0) is 113 Å². The summed E-state index contributed by atoms with van der Waals surface area (Å²) in [6.45, 7) is 34.1. The van der Waals surface area contributed by atoms with Crippen molar-refractivity contribution in [2.45, 2.75) is 389 Å². The molecular weight excluding hydrogens is 1680 g/mol. The minimum Gasteiger partial charge on any atom is -0.462 e. The standard InChI is InChI=1S/C104H152N2O25/c1-21-55(3)94-61(9)37-39-101(130-94)49-75-43-73(128-101)35-33-59(7)92(57(5)27-25-31-71-53-117-97-90(107)63(11)41-77(99(109)123-75)103(71,97)111)125-84-46-79(113-17)87(65(13)120-84)80-45-81(114-18)88(66(14)119-80)105-51-69-29-23-24-30-70(69)52-106-89-67(15)121-85(47-82(89)115-19)127-96-68(16)122-86(48-83(96)116-20)126-93-58(6)28-26-32-72-54-118-98-91(108)64(12)42-78(104(72,98)112)100(110)124-76-44-74(36-34-60(93)8)129-102(50-76)40-38-62(10)95(131-102)56(4)22-2/h23-34,37-42,55-58,61-62,65-68,73-98,105-108,111-112H,21-22,35-36,43-54H2,1-20H3/b27-25+,28-26+,59-33+,60-34+,71-31+,72-32+/t55?,56?,57-,58-,61-,62-,65-,66-,67-,68-,73+,74+,75-,76-,77-,78-,79-,80+,81-,82-,83-,84-,85-,86-,87?,88+,89+,90+,91+,92-,93-,94+,95+,96-,97+,98+,101+,102+,103+,104+/m0/s1. The van der Waals surface area contributed by atoms with Crippen molar-refractivity contribution in [3.63, 3.8) is 0 Å². The van der Waals surface area contributed by atoms with Crippen LogP contribution in [0.3, 0.4) is 0 Å². The summed E-state index contributed by atoms with van der Waals surface area (Å²) in [5, 5.41) is 56.2. The molecule has 27 heteroatoms. The van der Waals surface area contributed by atoms with Crippen LogP contribution in [0.25, 0.3) is 0 Å². The number of esters is 2. The Labute approximate surface area is 776 Å². The molecule has 2 spiro atoms. The van der Waals surface area contributed by atoms with E-state index in [1.165, 1.54) is 0 Å². The van der Waals surface area contributed by atoms with Gasteiger partial charge in [0.1, 0.15) is 65.8 Å². The average Bonchev–Trinajstić information content (AvgIpc) is 1.57. The van der Waals surface area contributed by atoms with Crippen molar-refractivity contribution in [2.24, 2.45) is 53.3 Å². The van der Waals surface area contributed by atoms with Crippen LogP contribution >= 0.6 is 0 Å². The van der Waals surface area contributed by atoms with Gasteiger partial charge >= 0.3 is 11.9 Å². The highest BCUT2D eigenvalue weighted by Gasteiger charge is 2.63. The third-order valence-electron chi connectivity index (χ3n) is 31.6. The number of hydrogen-bond donors (Lipinski definition) is 6. The van der Waals surface area contributed by atoms with Gasteiger partial charge in [-0.1, -0.05) is 165 Å². The van der Waals surface area contributed by atoms with E-state index in [1.54, 1.807) is 66.6 Å². The maximum absolute atomic E-state index is 14.7. The molecule has 0 amide bonds. The van der Waals surface area contributed by atoms with E-state index in [9.17, 15) is 30.0 Å². The van der Waals surface area contributed by atoms with E-state index in [0.29, 0.717) is 86.7 Å². The predicted octanol–water partition coefficient (Wildman–Crippen LogP) is 12.9. The first kappa shape index (κ1) is 100. The number of fused-ring (bicyclic) bond motifs is 4. The number of methoxy groups -OCH3 is 4. The van der Waals surface area contributed by atoms with Gasteiger partial charge in [0.25, 0.3) is 0 Å². The van der Waals surface area contributed by atoms with E-state index in [4.69, 9.17) is 90.0 Å². The van der Waals surface area contributed by atoms with Crippen LogP contribution in [0.1, 0.15) is 199 Å². The molecule has 1 aromatic rings. The Morgan fingerprint density at radius 2 is 0.901 bits per heavy atom. The Kier molecular flexibility index (Phi) is 32.5. The van der Waals surface area contributed by atoms with Gasteiger partial charge in [-0.2, -0.15) is 0 Å². The lowest BCUT2D eigenvalue weighted by atomic mass is 9.71. The number of nitrogens with one attached hydrogen (secondary N) is 2. The van der Waals surface area contributed by atoms with Crippen LogP contribution in [0.4, 0.5) is 0 Å². The highest BCUT2D eigenvalue weighted by molar-refractivity contribution is 5.79. The Bertz CT molecular complexity index is 4410. The third-order valence-corrected chi connectivity index (χ3v) is 31.6. The van der Waals surface area contributed by atoms with Crippen molar-refractivity contribution in [2.75, 3.05) is 41.7 Å². The van der Waals surface area contributed by atoms with Crippen LogP contribution in [-0.4, -0.2) is 262 Å². The molecule has 15 rings (SSSR count). The molecule has 14 aliphatic rings. The molecule has 2 aliphatic carbocycles. The first-order valence-corrected chi connectivity index (χ1v) is 48.9. The fraction of sp³-hybridized carbons (Fsp3) is 0.731. The molecule has 0 saturated carbocycles. The number of ether oxygens (including phenoxy) is 19. The SMILES string of the molecule is CCC(C)[C@H]1O[C@]2(C=C[C@@H]1C)C[C@@H]1C[C@@H](C/C=C(\C)[C@@H](O[C@H]3C[C@H](OC)C([C@H]4C[C@H](OC)[C@H](NCc5ccccc5CN[C@@H]5[C@H](C)O[C@@H](O[C@H]6[C@H](C)O[C@@H](O[C@@H]7/C(C)=C/C[C@@H]8C[C@@H](C[C@]9(C=C[C@H](C)[C@@H](C(C)CC)O9)O8)OC(=O)[C@@H]8C=C(C)[C@@H](O)[C@H]9OC/C(=C\C=C\[C@@H]7C)[C@]98O)C[C@@H]6OC)C[C@@H]5OC)[C@H](C)O4)[C@H](C)O3)[C@@H](C)/C=C/C=C3\CO[C@@H]4[C@H](O)C(C)=C[C@@H](C(=O)O1)[C@]34O)O2. The summed E-state index contributed by atoms with van der Waals surface area (Å²) in [6.07, 6.45) is 19.9. The summed E-state index contributed by atoms with van der Waals surface area (Å²) >= 11 is 0. The fourth-order valence-corrected chi connectivity index (χ4v) is 23.6. The summed E-state index contributed by atoms with van der Waals surface area (Å²) in [5.41, 5.74) is 2.37. The van der Waals surface area contributed by atoms with Gasteiger partial charge in [-0.05, 0) is 137 Å². The van der Waals surface area contributed by atoms with Gasteiger partial charge in [0.2, 0.25) is 0 Å². The molecule has 40 atom stereocenters. The number of allylic oxidation sites excluding steroid dienone is 4. The maximum Gasteiger partial charge on any atom is 0.316 e. The van der Waals surface area contributed by atoms with Gasteiger partial charge in [-0.3, -0.25) is 9.59 Å². The number of aliphatic hydroxyl groups is 4. The van der Waals surface area contributed by atoms with E-state index >= 15 is 0 Å². The second-order valence-corrected chi connectivity index (χ2v) is 40.6. The van der Waals surface area contributed by atoms with Crippen LogP contribution in [0.2, 0.25) is 0 Å². The molecule has 8 fully saturated rings. The minimum atomic E-state index is -1.88. The molecule has 8 saturated heterocycles. The number of carbonyl (C=O) groups excluding carboxylic acids is 2. The van der Waals surface area contributed by atoms with Crippen molar-refractivity contribution in [1.82, 2.24) is 10.6 Å². The zero-order chi connectivity index (χ0) is 93.4. The van der Waals surface area contributed by atoms with Crippen LogP contribution in [0.15, 0.2) is 143 Å². The molecule has 1 aromatic carbocycles. The molecule has 6 N–H and O–H groups in total. The highest BCUT2D eigenvalue weighted by atomic mass is 16.7. The first-order valence-electron chi connectivity index (χ1n) is 48.9. The van der Waals surface area contributed by atoms with Gasteiger partial charge < -0.3 is 121 Å². The van der Waals surface area contributed by atoms with E-state index in [-0.39, 0.29) is 135 Å². The summed E-state index contributed by atoms with van der Waals surface area (Å²) in [7, 11) is 6.94. The number of aliphatic hydroxyl groups excluding tert-OH is 2. The lowest BCUT2D eigenvalue weighted by Crippen LogP contribution is -2.60. The lowest BCUT2D eigenvalue weighted by Gasteiger charge is -2.49. The largest absolute Gasteiger partial charge is 0.462 e. The average molecular weight is 1830 g/mol. The highest BCUT2D eigenvalue weighted by Crippen LogP contribution is 2.52. The zero-order valence-corrected chi connectivity index (χ0v) is 80.9. The quantitative estimate of drug-likeness (QED) is 0.0492. The summed E-state index contributed by atoms with van der Waals surface area (Å²) in [6, 6.07) is 8.08. The van der Waals surface area contributed by atoms with Gasteiger partial charge in [-0.25, -0.2) is 0 Å². The van der Waals surface area contributed by atoms with Crippen molar-refractivity contribution >= 4 is 11.9 Å². The molecule has 4 bridgehead atoms. The van der Waals surface area contributed by atoms with Crippen LogP contribution < -0.4 is 10.6 Å². The number of carbonyl (C=O) groups is 2. The number of benzene rings is 1. The second-order valence-electron chi connectivity index (χ2n) is 40.6. The van der Waals surface area contributed by atoms with Gasteiger partial charge in [-0.15, -0.1) is 0 Å². The van der Waals surface area contributed by atoms with Gasteiger partial charge in [0.05, 0.1) is 117 Å². The van der Waals surface area contributed by atoms with Gasteiger partial charge in [0.15, 0.2) is 30.4 Å². The number of hydrogen-bond acceptors (Lipinski definition) is 27. The molecular formula is C104H152N2O25. The van der Waals surface area contributed by atoms with Crippen LogP contribution in [0, 0.1) is 53.3 Å². The Hall–Kier alpha value is -5.36. The van der Waals surface area contributed by atoms with Crippen molar-refractivity contribution in [1.29, 1.82) is 0 Å². The topological polar surface area (TPSA) is 314 Å². The minimum absolute atomic E-state index is 0.00570. The molecule has 0 radical (unpaired) electrons. The third kappa shape index (κ3) is 21.2. The monoisotopic (exact) mass is 1830 g/mol. The number of rotatable bonds is 21. The molecule has 131 heavy (non-hydrogen) atoms. The zero-order valence-electron chi connectivity index (χ0n) is 80.9. The first-order chi connectivity index (χ1) is 62.6. The van der Waals surface area contributed by atoms with E-state index in [0.717, 1.165) is 35.1 Å². The Morgan fingerprint density at radius 3 is 1.36 bits per heavy atom. The van der Waals surface area contributed by atoms with E-state index in [2.05, 4.69) is 149 Å². The second kappa shape index (κ2) is 42.5. The summed E-state index contributed by atoms with van der Waals surface area (Å²) < 4.78 is 128. The smallest absolute Gasteiger partial charge is 0.316 e. The lowest BCUT2D eigenvalue weighted by molar-refractivity contribution is -0.312. The molecule has 0 aromatic heterocycles.